The Kier molecular flexibility index (Phi) is 6.79. The first-order valence-corrected chi connectivity index (χ1v) is 9.33. The van der Waals surface area contributed by atoms with Gasteiger partial charge in [0.2, 0.25) is 15.1 Å². The van der Waals surface area contributed by atoms with Crippen LogP contribution < -0.4 is 4.84 Å². The van der Waals surface area contributed by atoms with Gasteiger partial charge in [0.25, 0.3) is 0 Å². The topological polar surface area (TPSA) is 49.7 Å². The summed E-state index contributed by atoms with van der Waals surface area (Å²) in [7, 11) is -1.24. The normalized spacial score (nSPS) is 15.4. The Bertz CT molecular complexity index is 447. The molecule has 0 radical (unpaired) electrons. The van der Waals surface area contributed by atoms with E-state index < -0.39 is 16.2 Å². The minimum absolute atomic E-state index is 0.480. The number of halogens is 6. The molecule has 7 nitrogen and oxygen atoms in total. The number of aromatic nitrogens is 3. The molecule has 0 saturated heterocycles. The predicted molar refractivity (Wildman–Crippen MR) is 78.5 cm³/mol. The van der Waals surface area contributed by atoms with Crippen LogP contribution in [0.25, 0.3) is 0 Å². The Labute approximate surface area is 130 Å². The average Bonchev–Trinajstić information content (AvgIpc) is 2.73. The van der Waals surface area contributed by atoms with Gasteiger partial charge in [-0.05, 0) is 5.21 Å². The van der Waals surface area contributed by atoms with Crippen LogP contribution in [0.2, 0.25) is 0 Å². The number of nitrogens with zero attached hydrogens (tertiary/aromatic N) is 6. The first kappa shape index (κ1) is 22.3. The van der Waals surface area contributed by atoms with Crippen molar-refractivity contribution in [3.63, 3.8) is 0 Å². The van der Waals surface area contributed by atoms with E-state index in [-0.39, 0.29) is 0 Å². The molecule has 1 rings (SSSR count). The van der Waals surface area contributed by atoms with Crippen LogP contribution in [0.4, 0.5) is 25.2 Å². The molecule has 140 valence electrons. The van der Waals surface area contributed by atoms with Gasteiger partial charge in [-0.25, -0.2) is 0 Å². The van der Waals surface area contributed by atoms with Crippen LogP contribution in [-0.2, 0) is 0 Å². The van der Waals surface area contributed by atoms with E-state index >= 15 is 0 Å². The quantitative estimate of drug-likeness (QED) is 0.422. The molecule has 0 unspecified atom stereocenters. The summed E-state index contributed by atoms with van der Waals surface area (Å²) in [5, 5.41) is 7.41. The summed E-state index contributed by atoms with van der Waals surface area (Å²) in [6, 6.07) is 0. The number of hydrogen-bond donors (Lipinski definition) is 0. The van der Waals surface area contributed by atoms with Crippen molar-refractivity contribution in [1.82, 2.24) is 29.2 Å². The summed E-state index contributed by atoms with van der Waals surface area (Å²) < 4.78 is 65.8. The molecular weight excluding hydrogens is 372 g/mol. The molecular formula is C8H20F6N6OP2. The van der Waals surface area contributed by atoms with Gasteiger partial charge < -0.3 is 4.84 Å². The summed E-state index contributed by atoms with van der Waals surface area (Å²) in [6.07, 6.45) is 3.26. The van der Waals surface area contributed by atoms with Gasteiger partial charge in [0, 0.05) is 35.2 Å². The molecule has 1 aromatic rings. The van der Waals surface area contributed by atoms with E-state index in [1.54, 1.807) is 12.4 Å². The van der Waals surface area contributed by atoms with Crippen molar-refractivity contribution in [3.8, 4) is 0 Å². The Balaban J connectivity index is 0.000000585. The zero-order valence-corrected chi connectivity index (χ0v) is 15.1. The molecule has 0 aliphatic rings. The van der Waals surface area contributed by atoms with E-state index in [4.69, 9.17) is 4.84 Å². The van der Waals surface area contributed by atoms with Gasteiger partial charge in [-0.2, -0.15) is 9.34 Å². The molecule has 0 saturated carbocycles. The average molecular weight is 392 g/mol. The van der Waals surface area contributed by atoms with Crippen molar-refractivity contribution >= 4 is 16.2 Å². The Morgan fingerprint density at radius 1 is 1.00 bits per heavy atom. The van der Waals surface area contributed by atoms with Crippen molar-refractivity contribution in [2.45, 2.75) is 0 Å². The molecule has 0 atom stereocenters. The van der Waals surface area contributed by atoms with Crippen LogP contribution in [0.1, 0.15) is 0 Å². The van der Waals surface area contributed by atoms with Crippen molar-refractivity contribution in [2.75, 3.05) is 42.0 Å². The second-order valence-electron chi connectivity index (χ2n) is 4.81. The fourth-order valence-electron chi connectivity index (χ4n) is 1.55. The van der Waals surface area contributed by atoms with Gasteiger partial charge in [-0.15, -0.1) is 9.77 Å². The molecule has 0 aliphatic heterocycles. The zero-order valence-electron chi connectivity index (χ0n) is 13.2. The molecule has 23 heavy (non-hydrogen) atoms. The number of rotatable bonds is 6. The van der Waals surface area contributed by atoms with E-state index in [0.717, 1.165) is 0 Å². The number of hydrogen-bond acceptors (Lipinski definition) is 6. The minimum atomic E-state index is -10.7. The molecule has 0 aliphatic carbocycles. The van der Waals surface area contributed by atoms with Crippen LogP contribution in [0.5, 0.6) is 0 Å². The Morgan fingerprint density at radius 2 is 1.43 bits per heavy atom. The van der Waals surface area contributed by atoms with Crippen molar-refractivity contribution in [1.29, 1.82) is 0 Å². The van der Waals surface area contributed by atoms with E-state index in [1.807, 2.05) is 7.05 Å². The second-order valence-corrected chi connectivity index (χ2v) is 9.88. The standard InChI is InChI=1S/C8H19N6OP.F6P/c1-11(2)16(12(3)4)13(5)8-15-14-7-6-9-10-14;1-7(2,3,4,5)6/h6-7H,8H2,1-5H3;/q;-1/p+1. The zero-order chi connectivity index (χ0) is 18.5. The molecule has 0 fully saturated rings. The summed E-state index contributed by atoms with van der Waals surface area (Å²) in [6.45, 7) is 0.480. The van der Waals surface area contributed by atoms with Gasteiger partial charge in [-0.3, -0.25) is 0 Å². The SMILES string of the molecule is CN(C)[PH+](N(C)C)N(C)COn1ccnn1.F[P-](F)(F)(F)(F)F. The maximum atomic E-state index is 9.87. The molecule has 0 aromatic carbocycles. The first-order chi connectivity index (χ1) is 9.97. The molecule has 1 aromatic heterocycles. The maximum absolute atomic E-state index is 10.7. The molecule has 0 N–H and O–H groups in total. The van der Waals surface area contributed by atoms with Crippen LogP contribution >= 0.6 is 16.2 Å². The van der Waals surface area contributed by atoms with E-state index in [1.165, 1.54) is 4.85 Å². The summed E-state index contributed by atoms with van der Waals surface area (Å²) in [5.74, 6) is 0. The third-order valence-corrected chi connectivity index (χ3v) is 4.34. The Hall–Kier alpha value is -0.740. The van der Waals surface area contributed by atoms with Crippen LogP contribution in [-0.4, -0.2) is 71.1 Å². The van der Waals surface area contributed by atoms with Crippen LogP contribution in [0.3, 0.4) is 0 Å². The van der Waals surface area contributed by atoms with Crippen molar-refractivity contribution < 1.29 is 30.0 Å². The summed E-state index contributed by atoms with van der Waals surface area (Å²) in [4.78, 5) is 6.79. The molecule has 0 amide bonds. The third kappa shape index (κ3) is 14.6. The van der Waals surface area contributed by atoms with Crippen LogP contribution in [0, 0.1) is 0 Å². The van der Waals surface area contributed by atoms with Gasteiger partial charge in [0.1, 0.15) is 0 Å². The van der Waals surface area contributed by atoms with E-state index in [2.05, 4.69) is 52.5 Å². The molecule has 1 heterocycles. The monoisotopic (exact) mass is 392 g/mol. The van der Waals surface area contributed by atoms with Crippen LogP contribution in [0.15, 0.2) is 12.4 Å². The molecule has 15 heteroatoms. The molecule has 0 bridgehead atoms. The van der Waals surface area contributed by atoms with E-state index in [0.29, 0.717) is 6.73 Å². The second kappa shape index (κ2) is 7.02. The van der Waals surface area contributed by atoms with Crippen molar-refractivity contribution in [2.24, 2.45) is 0 Å². The van der Waals surface area contributed by atoms with Gasteiger partial charge in [0.15, 0.2) is 0 Å². The predicted octanol–water partition coefficient (Wildman–Crippen LogP) is 3.06. The Morgan fingerprint density at radius 3 is 1.74 bits per heavy atom. The third-order valence-electron chi connectivity index (χ3n) is 1.93. The first-order valence-electron chi connectivity index (χ1n) is 5.96. The van der Waals surface area contributed by atoms with Gasteiger partial charge in [-0.1, -0.05) is 4.85 Å². The van der Waals surface area contributed by atoms with Gasteiger partial charge in [0.05, 0.1) is 12.4 Å². The van der Waals surface area contributed by atoms with Gasteiger partial charge >= 0.3 is 33.0 Å². The fraction of sp³-hybridized carbons (Fsp3) is 0.750. The summed E-state index contributed by atoms with van der Waals surface area (Å²) in [5.41, 5.74) is 0. The molecule has 0 spiro atoms. The van der Waals surface area contributed by atoms with E-state index in [9.17, 15) is 25.2 Å². The fourth-order valence-corrected chi connectivity index (χ4v) is 3.89. The van der Waals surface area contributed by atoms with Crippen molar-refractivity contribution in [3.05, 3.63) is 12.4 Å². The summed E-state index contributed by atoms with van der Waals surface area (Å²) >= 11 is 0.